The molecule has 0 atom stereocenters. The Balaban J connectivity index is 3.12. The SMILES string of the molecule is [B]c1cccc2[nH]c(=O)oc(=O)c12. The number of fused-ring (bicyclic) bond motifs is 1. The normalized spacial score (nSPS) is 10.5. The molecule has 0 aliphatic rings. The van der Waals surface area contributed by atoms with Crippen molar-refractivity contribution in [3.63, 3.8) is 0 Å². The molecule has 0 aliphatic heterocycles. The third-order valence-electron chi connectivity index (χ3n) is 1.72. The second-order valence-electron chi connectivity index (χ2n) is 2.57. The molecule has 0 bridgehead atoms. The van der Waals surface area contributed by atoms with Gasteiger partial charge in [0.05, 0.1) is 10.9 Å². The monoisotopic (exact) mass is 173 g/mol. The molecule has 1 aromatic carbocycles. The number of rotatable bonds is 0. The standard InChI is InChI=1S/C8H4BNO3/c9-4-2-1-3-5-6(4)7(11)13-8(12)10-5/h1-3H,(H,10,12). The Hall–Kier alpha value is -1.78. The summed E-state index contributed by atoms with van der Waals surface area (Å²) < 4.78 is 4.32. The van der Waals surface area contributed by atoms with Crippen LogP contribution in [0, 0.1) is 0 Å². The molecule has 5 heteroatoms. The zero-order valence-electron chi connectivity index (χ0n) is 6.53. The van der Waals surface area contributed by atoms with Crippen molar-refractivity contribution in [2.75, 3.05) is 0 Å². The molecule has 0 amide bonds. The Morgan fingerprint density at radius 3 is 2.85 bits per heavy atom. The van der Waals surface area contributed by atoms with Gasteiger partial charge in [-0.05, 0) is 6.07 Å². The molecule has 1 N–H and O–H groups in total. The van der Waals surface area contributed by atoms with E-state index >= 15 is 0 Å². The Bertz CT molecular complexity index is 569. The first-order valence-electron chi connectivity index (χ1n) is 3.60. The van der Waals surface area contributed by atoms with E-state index in [2.05, 4.69) is 9.40 Å². The number of hydrogen-bond acceptors (Lipinski definition) is 3. The van der Waals surface area contributed by atoms with Crippen LogP contribution in [0.25, 0.3) is 10.9 Å². The van der Waals surface area contributed by atoms with Gasteiger partial charge in [0.15, 0.2) is 0 Å². The number of aromatic amines is 1. The largest absolute Gasteiger partial charge is 0.419 e. The average molecular weight is 173 g/mol. The zero-order chi connectivity index (χ0) is 9.42. The maximum atomic E-state index is 11.2. The van der Waals surface area contributed by atoms with Crippen molar-refractivity contribution in [3.8, 4) is 0 Å². The first-order valence-corrected chi connectivity index (χ1v) is 3.60. The van der Waals surface area contributed by atoms with Crippen molar-refractivity contribution in [1.82, 2.24) is 4.98 Å². The van der Waals surface area contributed by atoms with Gasteiger partial charge in [0, 0.05) is 0 Å². The smallest absolute Gasteiger partial charge is 0.372 e. The van der Waals surface area contributed by atoms with Crippen LogP contribution < -0.4 is 16.8 Å². The predicted molar refractivity (Wildman–Crippen MR) is 48.5 cm³/mol. The van der Waals surface area contributed by atoms with Crippen LogP contribution in [-0.4, -0.2) is 12.8 Å². The molecule has 0 saturated heterocycles. The molecule has 2 aromatic rings. The van der Waals surface area contributed by atoms with Gasteiger partial charge in [0.2, 0.25) is 0 Å². The van der Waals surface area contributed by atoms with Crippen molar-refractivity contribution in [2.45, 2.75) is 0 Å². The Labute approximate surface area is 73.6 Å². The van der Waals surface area contributed by atoms with Crippen LogP contribution in [0.15, 0.2) is 32.2 Å². The molecule has 62 valence electrons. The van der Waals surface area contributed by atoms with E-state index in [1.165, 1.54) is 0 Å². The molecule has 1 heterocycles. The van der Waals surface area contributed by atoms with Crippen molar-refractivity contribution in [1.29, 1.82) is 0 Å². The maximum absolute atomic E-state index is 11.2. The summed E-state index contributed by atoms with van der Waals surface area (Å²) in [5.74, 6) is -0.775. The van der Waals surface area contributed by atoms with Crippen molar-refractivity contribution in [2.24, 2.45) is 0 Å². The van der Waals surface area contributed by atoms with Gasteiger partial charge >= 0.3 is 11.4 Å². The molecule has 13 heavy (non-hydrogen) atoms. The first-order chi connectivity index (χ1) is 6.18. The van der Waals surface area contributed by atoms with Crippen LogP contribution in [0.1, 0.15) is 0 Å². The van der Waals surface area contributed by atoms with E-state index in [9.17, 15) is 9.59 Å². The van der Waals surface area contributed by atoms with E-state index in [0.29, 0.717) is 11.0 Å². The lowest BCUT2D eigenvalue weighted by atomic mass is 9.93. The molecule has 4 nitrogen and oxygen atoms in total. The third-order valence-corrected chi connectivity index (χ3v) is 1.72. The number of benzene rings is 1. The highest BCUT2D eigenvalue weighted by atomic mass is 16.4. The quantitative estimate of drug-likeness (QED) is 0.534. The molecule has 2 rings (SSSR count). The molecule has 1 aromatic heterocycles. The molecule has 0 fully saturated rings. The minimum Gasteiger partial charge on any atom is -0.372 e. The highest BCUT2D eigenvalue weighted by molar-refractivity contribution is 6.38. The van der Waals surface area contributed by atoms with Gasteiger partial charge in [-0.25, -0.2) is 9.59 Å². The highest BCUT2D eigenvalue weighted by Gasteiger charge is 2.03. The van der Waals surface area contributed by atoms with Crippen LogP contribution in [0.2, 0.25) is 0 Å². The first kappa shape index (κ1) is 7.85. The van der Waals surface area contributed by atoms with E-state index in [-0.39, 0.29) is 5.39 Å². The van der Waals surface area contributed by atoms with Gasteiger partial charge in [0.25, 0.3) is 0 Å². The van der Waals surface area contributed by atoms with E-state index in [1.54, 1.807) is 18.2 Å². The van der Waals surface area contributed by atoms with Crippen LogP contribution in [0.3, 0.4) is 0 Å². The Morgan fingerprint density at radius 1 is 1.31 bits per heavy atom. The van der Waals surface area contributed by atoms with Gasteiger partial charge in [-0.15, -0.1) is 0 Å². The summed E-state index contributed by atoms with van der Waals surface area (Å²) in [5.41, 5.74) is -0.0272. The van der Waals surface area contributed by atoms with Crippen LogP contribution in [-0.2, 0) is 0 Å². The van der Waals surface area contributed by atoms with Crippen LogP contribution >= 0.6 is 0 Å². The van der Waals surface area contributed by atoms with Gasteiger partial charge in [-0.1, -0.05) is 17.6 Å². The number of H-pyrrole nitrogens is 1. The van der Waals surface area contributed by atoms with Crippen molar-refractivity contribution in [3.05, 3.63) is 39.2 Å². The lowest BCUT2D eigenvalue weighted by molar-refractivity contribution is 0.460. The predicted octanol–water partition coefficient (Wildman–Crippen LogP) is -0.725. The lowest BCUT2D eigenvalue weighted by Crippen LogP contribution is -2.20. The molecule has 0 unspecified atom stereocenters. The molecular weight excluding hydrogens is 169 g/mol. The number of nitrogens with one attached hydrogen (secondary N) is 1. The molecule has 0 spiro atoms. The molecular formula is C8H4BNO3. The summed E-state index contributed by atoms with van der Waals surface area (Å²) in [6, 6.07) is 4.80. The van der Waals surface area contributed by atoms with Crippen LogP contribution in [0.5, 0.6) is 0 Å². The van der Waals surface area contributed by atoms with E-state index < -0.39 is 11.4 Å². The van der Waals surface area contributed by atoms with Gasteiger partial charge in [-0.2, -0.15) is 0 Å². The third kappa shape index (κ3) is 1.18. The van der Waals surface area contributed by atoms with Gasteiger partial charge in [0.1, 0.15) is 7.85 Å². The van der Waals surface area contributed by atoms with Crippen LogP contribution in [0.4, 0.5) is 0 Å². The molecule has 0 aliphatic carbocycles. The summed E-state index contributed by atoms with van der Waals surface area (Å²) >= 11 is 0. The minimum absolute atomic E-state index is 0.210. The Kier molecular flexibility index (Phi) is 1.58. The minimum atomic E-state index is -0.775. The number of hydrogen-bond donors (Lipinski definition) is 1. The Morgan fingerprint density at radius 2 is 2.08 bits per heavy atom. The topological polar surface area (TPSA) is 63.1 Å². The van der Waals surface area contributed by atoms with E-state index in [4.69, 9.17) is 7.85 Å². The van der Waals surface area contributed by atoms with Crippen molar-refractivity contribution < 1.29 is 4.42 Å². The van der Waals surface area contributed by atoms with E-state index in [1.807, 2.05) is 0 Å². The summed E-state index contributed by atoms with van der Waals surface area (Å²) in [7, 11) is 5.53. The van der Waals surface area contributed by atoms with Gasteiger partial charge in [-0.3, -0.25) is 4.98 Å². The summed E-state index contributed by atoms with van der Waals surface area (Å²) in [6.07, 6.45) is 0. The lowest BCUT2D eigenvalue weighted by Gasteiger charge is -1.97. The second-order valence-corrected chi connectivity index (χ2v) is 2.57. The fourth-order valence-corrected chi connectivity index (χ4v) is 1.17. The fraction of sp³-hybridized carbons (Fsp3) is 0. The maximum Gasteiger partial charge on any atom is 0.419 e. The summed E-state index contributed by atoms with van der Waals surface area (Å²) in [5, 5.41) is 0.210. The van der Waals surface area contributed by atoms with Crippen molar-refractivity contribution >= 4 is 24.2 Å². The number of aromatic nitrogens is 1. The average Bonchev–Trinajstić information content (AvgIpc) is 2.02. The summed E-state index contributed by atoms with van der Waals surface area (Å²) in [4.78, 5) is 24.3. The molecule has 0 saturated carbocycles. The zero-order valence-corrected chi connectivity index (χ0v) is 6.53. The fourth-order valence-electron chi connectivity index (χ4n) is 1.17. The van der Waals surface area contributed by atoms with E-state index in [0.717, 1.165) is 0 Å². The highest BCUT2D eigenvalue weighted by Crippen LogP contribution is 1.99. The molecule has 2 radical (unpaired) electrons. The summed E-state index contributed by atoms with van der Waals surface area (Å²) in [6.45, 7) is 0. The van der Waals surface area contributed by atoms with Gasteiger partial charge < -0.3 is 4.42 Å². The second kappa shape index (κ2) is 2.62.